The molecule has 0 aromatic rings. The first-order valence-electron chi connectivity index (χ1n) is 21.5. The first-order valence-corrected chi connectivity index (χ1v) is 22.9. The number of phosphoric acid groups is 1. The first-order chi connectivity index (χ1) is 26.4. The van der Waals surface area contributed by atoms with Crippen LogP contribution in [0.25, 0.3) is 0 Å². The topological polar surface area (TPSA) is 131 Å². The second-order valence-corrected chi connectivity index (χ2v) is 16.9. The smallest absolute Gasteiger partial charge is 0.306 e. The van der Waals surface area contributed by atoms with Gasteiger partial charge in [0, 0.05) is 12.8 Å². The van der Waals surface area contributed by atoms with E-state index in [1.54, 1.807) is 6.08 Å². The third kappa shape index (κ3) is 39.9. The Kier molecular flexibility index (Phi) is 34.9. The van der Waals surface area contributed by atoms with Crippen LogP contribution >= 0.6 is 7.82 Å². The summed E-state index contributed by atoms with van der Waals surface area (Å²) in [5.41, 5.74) is 0. The lowest BCUT2D eigenvalue weighted by molar-refractivity contribution is -0.870. The zero-order valence-corrected chi connectivity index (χ0v) is 36.4. The number of carbonyl (C=O) groups is 2. The molecule has 0 bridgehead atoms. The van der Waals surface area contributed by atoms with Crippen LogP contribution in [0.5, 0.6) is 0 Å². The standard InChI is InChI=1S/C44H80NO9P/c1-6-8-10-12-14-15-16-17-18-19-20-21-23-27-32-36-44(48)54-42(40-53-55(49,50)52-38-37-45(3,4)5)39-51-43(47)35-31-28-24-26-30-34-41(46)33-29-25-22-13-11-9-7-2/h9,11,17-18,22,25,29,33,41-42,46H,6-8,10,12-16,19-21,23-24,26-28,30-32,34-40H2,1-5H3/b11-9+,18-17-,25-22+,33-29+/t41?,42-/m1/s1. The summed E-state index contributed by atoms with van der Waals surface area (Å²) >= 11 is 0. The predicted molar refractivity (Wildman–Crippen MR) is 223 cm³/mol. The van der Waals surface area contributed by atoms with Crippen molar-refractivity contribution in [2.75, 3.05) is 47.5 Å². The molecule has 2 unspecified atom stereocenters. The monoisotopic (exact) mass is 798 g/mol. The number of phosphoric ester groups is 1. The number of hydrogen-bond acceptors (Lipinski definition) is 9. The lowest BCUT2D eigenvalue weighted by Crippen LogP contribution is -2.37. The number of carbonyl (C=O) groups excluding carboxylic acids is 2. The minimum Gasteiger partial charge on any atom is -0.756 e. The Morgan fingerprint density at radius 2 is 1.27 bits per heavy atom. The molecule has 0 spiro atoms. The van der Waals surface area contributed by atoms with Crippen molar-refractivity contribution >= 4 is 19.8 Å². The van der Waals surface area contributed by atoms with Crippen LogP contribution < -0.4 is 4.89 Å². The highest BCUT2D eigenvalue weighted by atomic mass is 31.2. The van der Waals surface area contributed by atoms with E-state index in [0.717, 1.165) is 77.0 Å². The molecule has 0 aromatic carbocycles. The number of unbranched alkanes of at least 4 members (excludes halogenated alkanes) is 15. The SMILES string of the molecule is CC/C=C/C/C=C/C=C/C(O)CCCCCCCC(=O)OC[C@H](COP(=O)([O-])OCC[N+](C)(C)C)OC(=O)CCCCCCC/C=C\CCCCCCCC. The highest BCUT2D eigenvalue weighted by Gasteiger charge is 2.21. The van der Waals surface area contributed by atoms with Gasteiger partial charge in [-0.2, -0.15) is 0 Å². The van der Waals surface area contributed by atoms with Crippen molar-refractivity contribution in [1.29, 1.82) is 0 Å². The summed E-state index contributed by atoms with van der Waals surface area (Å²) in [4.78, 5) is 37.5. The molecule has 0 saturated carbocycles. The molecule has 0 aliphatic rings. The second kappa shape index (κ2) is 36.3. The van der Waals surface area contributed by atoms with Gasteiger partial charge in [-0.15, -0.1) is 0 Å². The highest BCUT2D eigenvalue weighted by Crippen LogP contribution is 2.38. The maximum atomic E-state index is 12.7. The quantitative estimate of drug-likeness (QED) is 0.0162. The molecule has 1 N–H and O–H groups in total. The van der Waals surface area contributed by atoms with Gasteiger partial charge < -0.3 is 33.0 Å². The molecular weight excluding hydrogens is 717 g/mol. The van der Waals surface area contributed by atoms with Crippen molar-refractivity contribution in [2.24, 2.45) is 0 Å². The van der Waals surface area contributed by atoms with Crippen LogP contribution in [0.3, 0.4) is 0 Å². The van der Waals surface area contributed by atoms with Crippen LogP contribution in [0, 0.1) is 0 Å². The number of nitrogens with zero attached hydrogens (tertiary/aromatic N) is 1. The third-order valence-electron chi connectivity index (χ3n) is 8.94. The fourth-order valence-corrected chi connectivity index (χ4v) is 6.27. The van der Waals surface area contributed by atoms with Crippen molar-refractivity contribution in [2.45, 2.75) is 174 Å². The van der Waals surface area contributed by atoms with Crippen LogP contribution in [0.1, 0.15) is 162 Å². The molecule has 11 heteroatoms. The largest absolute Gasteiger partial charge is 0.756 e. The van der Waals surface area contributed by atoms with E-state index in [2.05, 4.69) is 44.2 Å². The molecule has 0 saturated heterocycles. The molecule has 0 radical (unpaired) electrons. The van der Waals surface area contributed by atoms with E-state index in [4.69, 9.17) is 18.5 Å². The van der Waals surface area contributed by atoms with E-state index in [1.807, 2.05) is 33.3 Å². The fraction of sp³-hybridized carbons (Fsp3) is 0.773. The zero-order chi connectivity index (χ0) is 40.9. The Bertz CT molecular complexity index is 1100. The summed E-state index contributed by atoms with van der Waals surface area (Å²) in [6.45, 7) is 3.96. The molecule has 0 aromatic heterocycles. The van der Waals surface area contributed by atoms with Gasteiger partial charge in [-0.05, 0) is 57.8 Å². The number of rotatable bonds is 38. The molecule has 0 fully saturated rings. The van der Waals surface area contributed by atoms with Gasteiger partial charge in [0.1, 0.15) is 19.8 Å². The normalized spacial score (nSPS) is 14.7. The highest BCUT2D eigenvalue weighted by molar-refractivity contribution is 7.45. The number of aliphatic hydroxyl groups excluding tert-OH is 1. The number of esters is 2. The van der Waals surface area contributed by atoms with Crippen molar-refractivity contribution in [3.05, 3.63) is 48.6 Å². The van der Waals surface area contributed by atoms with Crippen LogP contribution in [-0.4, -0.2) is 81.2 Å². The van der Waals surface area contributed by atoms with Gasteiger partial charge in [-0.1, -0.05) is 140 Å². The number of quaternary nitrogens is 1. The van der Waals surface area contributed by atoms with Gasteiger partial charge in [0.15, 0.2) is 6.10 Å². The van der Waals surface area contributed by atoms with Gasteiger partial charge in [-0.25, -0.2) is 0 Å². The zero-order valence-electron chi connectivity index (χ0n) is 35.5. The fourth-order valence-electron chi connectivity index (χ4n) is 5.54. The maximum Gasteiger partial charge on any atom is 0.306 e. The summed E-state index contributed by atoms with van der Waals surface area (Å²) in [7, 11) is 1.10. The van der Waals surface area contributed by atoms with Gasteiger partial charge in [-0.3, -0.25) is 14.2 Å². The van der Waals surface area contributed by atoms with E-state index >= 15 is 0 Å². The van der Waals surface area contributed by atoms with Crippen molar-refractivity contribution in [3.8, 4) is 0 Å². The van der Waals surface area contributed by atoms with Crippen LogP contribution in [0.4, 0.5) is 0 Å². The number of likely N-dealkylation sites (N-methyl/N-ethyl adjacent to an activating group) is 1. The van der Waals surface area contributed by atoms with Gasteiger partial charge >= 0.3 is 11.9 Å². The number of ether oxygens (including phenoxy) is 2. The average Bonchev–Trinajstić information content (AvgIpc) is 3.12. The molecule has 0 rings (SSSR count). The Morgan fingerprint density at radius 3 is 1.89 bits per heavy atom. The molecule has 0 amide bonds. The molecule has 10 nitrogen and oxygen atoms in total. The minimum absolute atomic E-state index is 0.0497. The van der Waals surface area contributed by atoms with Gasteiger partial charge in [0.25, 0.3) is 7.82 Å². The molecule has 0 aliphatic heterocycles. The molecular formula is C44H80NO9P. The first kappa shape index (κ1) is 52.9. The summed E-state index contributed by atoms with van der Waals surface area (Å²) in [6.07, 6.45) is 37.3. The predicted octanol–water partition coefficient (Wildman–Crippen LogP) is 10.2. The van der Waals surface area contributed by atoms with Gasteiger partial charge in [0.05, 0.1) is 33.9 Å². The summed E-state index contributed by atoms with van der Waals surface area (Å²) in [5, 5.41) is 10.1. The average molecular weight is 798 g/mol. The van der Waals surface area contributed by atoms with Crippen molar-refractivity contribution in [1.82, 2.24) is 0 Å². The van der Waals surface area contributed by atoms with E-state index in [1.165, 1.54) is 38.5 Å². The summed E-state index contributed by atoms with van der Waals surface area (Å²) < 4.78 is 33.8. The number of aliphatic hydroxyl groups is 1. The van der Waals surface area contributed by atoms with Gasteiger partial charge in [0.2, 0.25) is 0 Å². The second-order valence-electron chi connectivity index (χ2n) is 15.5. The molecule has 320 valence electrons. The van der Waals surface area contributed by atoms with Crippen LogP contribution in [-0.2, 0) is 32.7 Å². The van der Waals surface area contributed by atoms with E-state index < -0.39 is 38.6 Å². The van der Waals surface area contributed by atoms with E-state index in [0.29, 0.717) is 30.3 Å². The Balaban J connectivity index is 4.48. The Hall–Kier alpha value is -2.07. The molecule has 3 atom stereocenters. The third-order valence-corrected chi connectivity index (χ3v) is 9.90. The Morgan fingerprint density at radius 1 is 0.691 bits per heavy atom. The van der Waals surface area contributed by atoms with Crippen LogP contribution in [0.2, 0.25) is 0 Å². The lowest BCUT2D eigenvalue weighted by Gasteiger charge is -2.28. The number of hydrogen-bond donors (Lipinski definition) is 1. The molecule has 0 aliphatic carbocycles. The van der Waals surface area contributed by atoms with E-state index in [-0.39, 0.29) is 26.1 Å². The Labute approximate surface area is 336 Å². The minimum atomic E-state index is -4.65. The summed E-state index contributed by atoms with van der Waals surface area (Å²) in [6, 6.07) is 0. The summed E-state index contributed by atoms with van der Waals surface area (Å²) in [5.74, 6) is -0.924. The molecule has 55 heavy (non-hydrogen) atoms. The number of allylic oxidation sites excluding steroid dienone is 7. The maximum absolute atomic E-state index is 12.7. The lowest BCUT2D eigenvalue weighted by atomic mass is 10.1. The van der Waals surface area contributed by atoms with Crippen molar-refractivity contribution in [3.63, 3.8) is 0 Å². The molecule has 0 heterocycles. The van der Waals surface area contributed by atoms with Crippen molar-refractivity contribution < 1.29 is 47.2 Å². The van der Waals surface area contributed by atoms with Crippen LogP contribution in [0.15, 0.2) is 48.6 Å². The van der Waals surface area contributed by atoms with E-state index in [9.17, 15) is 24.2 Å².